The molecule has 2 aliphatic heterocycles. The molecule has 0 radical (unpaired) electrons. The Kier molecular flexibility index (Phi) is 5.41. The van der Waals surface area contributed by atoms with Crippen LogP contribution in [-0.2, 0) is 9.59 Å². The first-order valence-electron chi connectivity index (χ1n) is 8.63. The Morgan fingerprint density at radius 3 is 2.42 bits per heavy atom. The van der Waals surface area contributed by atoms with Crippen molar-refractivity contribution in [3.63, 3.8) is 0 Å². The Morgan fingerprint density at radius 1 is 1.12 bits per heavy atom. The minimum Gasteiger partial charge on any atom is -0.358 e. The summed E-state index contributed by atoms with van der Waals surface area (Å²) in [5, 5.41) is 3.38. The quantitative estimate of drug-likeness (QED) is 0.906. The van der Waals surface area contributed by atoms with Crippen molar-refractivity contribution in [2.45, 2.75) is 37.8 Å². The second kappa shape index (κ2) is 7.53. The van der Waals surface area contributed by atoms with Crippen LogP contribution in [0.4, 0.5) is 0 Å². The summed E-state index contributed by atoms with van der Waals surface area (Å²) in [6.45, 7) is 2.44. The van der Waals surface area contributed by atoms with Gasteiger partial charge in [-0.1, -0.05) is 23.7 Å². The molecule has 5 nitrogen and oxygen atoms in total. The molecule has 2 saturated heterocycles. The van der Waals surface area contributed by atoms with Crippen LogP contribution in [0.15, 0.2) is 24.3 Å². The Morgan fingerprint density at radius 2 is 1.79 bits per heavy atom. The zero-order chi connectivity index (χ0) is 17.1. The molecule has 2 aliphatic rings. The van der Waals surface area contributed by atoms with E-state index in [0.717, 1.165) is 50.9 Å². The highest BCUT2D eigenvalue weighted by Crippen LogP contribution is 2.32. The summed E-state index contributed by atoms with van der Waals surface area (Å²) in [5.74, 6) is 0.0892. The third-order valence-corrected chi connectivity index (χ3v) is 5.26. The average molecular weight is 350 g/mol. The molecule has 6 heteroatoms. The second-order valence-corrected chi connectivity index (χ2v) is 6.93. The first-order valence-corrected chi connectivity index (χ1v) is 9.01. The van der Waals surface area contributed by atoms with Gasteiger partial charge in [-0.05, 0) is 43.4 Å². The van der Waals surface area contributed by atoms with Gasteiger partial charge in [0.1, 0.15) is 6.04 Å². The van der Waals surface area contributed by atoms with Crippen LogP contribution in [0.3, 0.4) is 0 Å². The first kappa shape index (κ1) is 17.2. The van der Waals surface area contributed by atoms with Crippen molar-refractivity contribution < 1.29 is 9.59 Å². The lowest BCUT2D eigenvalue weighted by Crippen LogP contribution is -2.49. The van der Waals surface area contributed by atoms with Gasteiger partial charge in [0.05, 0.1) is 6.04 Å². The maximum absolute atomic E-state index is 12.9. The zero-order valence-corrected chi connectivity index (χ0v) is 14.8. The smallest absolute Gasteiger partial charge is 0.241 e. The fraction of sp³-hybridized carbons (Fsp3) is 0.556. The molecule has 2 atom stereocenters. The minimum absolute atomic E-state index is 0.0848. The van der Waals surface area contributed by atoms with Crippen LogP contribution in [0.5, 0.6) is 0 Å². The molecule has 2 amide bonds. The van der Waals surface area contributed by atoms with Gasteiger partial charge in [0, 0.05) is 31.7 Å². The van der Waals surface area contributed by atoms with Gasteiger partial charge in [0.25, 0.3) is 0 Å². The molecule has 2 fully saturated rings. The third kappa shape index (κ3) is 3.42. The van der Waals surface area contributed by atoms with Crippen molar-refractivity contribution >= 4 is 23.4 Å². The third-order valence-electron chi connectivity index (χ3n) is 5.01. The molecule has 0 spiro atoms. The van der Waals surface area contributed by atoms with E-state index in [4.69, 9.17) is 11.6 Å². The molecule has 0 unspecified atom stereocenters. The first-order chi connectivity index (χ1) is 11.6. The average Bonchev–Trinajstić information content (AvgIpc) is 3.28. The predicted octanol–water partition coefficient (Wildman–Crippen LogP) is 2.21. The molecule has 1 aromatic carbocycles. The van der Waals surface area contributed by atoms with E-state index in [1.54, 1.807) is 19.2 Å². The molecular weight excluding hydrogens is 326 g/mol. The van der Waals surface area contributed by atoms with Crippen LogP contribution in [0.25, 0.3) is 0 Å². The van der Waals surface area contributed by atoms with Crippen LogP contribution < -0.4 is 5.32 Å². The number of amides is 2. The van der Waals surface area contributed by atoms with Crippen molar-refractivity contribution in [1.29, 1.82) is 0 Å². The van der Waals surface area contributed by atoms with Crippen molar-refractivity contribution in [3.8, 4) is 0 Å². The number of hydrogen-bond acceptors (Lipinski definition) is 3. The van der Waals surface area contributed by atoms with E-state index in [-0.39, 0.29) is 17.9 Å². The van der Waals surface area contributed by atoms with Crippen LogP contribution in [-0.4, -0.2) is 54.3 Å². The largest absolute Gasteiger partial charge is 0.358 e. The summed E-state index contributed by atoms with van der Waals surface area (Å²) in [7, 11) is 1.64. The number of carbonyl (C=O) groups excluding carboxylic acids is 2. The maximum atomic E-state index is 12.9. The predicted molar refractivity (Wildman–Crippen MR) is 93.8 cm³/mol. The zero-order valence-electron chi connectivity index (χ0n) is 14.0. The Hall–Kier alpha value is -1.59. The molecule has 24 heavy (non-hydrogen) atoms. The normalized spacial score (nSPS) is 22.6. The topological polar surface area (TPSA) is 52.7 Å². The molecule has 3 rings (SSSR count). The molecule has 0 bridgehead atoms. The highest BCUT2D eigenvalue weighted by molar-refractivity contribution is 6.30. The lowest BCUT2D eigenvalue weighted by Gasteiger charge is -2.33. The summed E-state index contributed by atoms with van der Waals surface area (Å²) in [6.07, 6.45) is 3.91. The number of rotatable bonds is 4. The molecule has 0 saturated carbocycles. The van der Waals surface area contributed by atoms with E-state index < -0.39 is 6.04 Å². The van der Waals surface area contributed by atoms with Crippen LogP contribution in [0.1, 0.15) is 37.3 Å². The fourth-order valence-electron chi connectivity index (χ4n) is 3.79. The van der Waals surface area contributed by atoms with Gasteiger partial charge in [0.2, 0.25) is 11.8 Å². The van der Waals surface area contributed by atoms with Gasteiger partial charge in [-0.2, -0.15) is 0 Å². The van der Waals surface area contributed by atoms with Gasteiger partial charge in [-0.25, -0.2) is 0 Å². The Bertz CT molecular complexity index is 599. The van der Waals surface area contributed by atoms with E-state index in [9.17, 15) is 9.59 Å². The van der Waals surface area contributed by atoms with E-state index in [2.05, 4.69) is 10.2 Å². The number of likely N-dealkylation sites (tertiary alicyclic amines) is 2. The standard InChI is InChI=1S/C18H24ClN3O2/c1-20-17(23)16(13-6-8-14(19)9-7-13)22-12-4-5-15(22)18(24)21-10-2-3-11-21/h6-9,15-16H,2-5,10-12H2,1H3,(H,20,23)/t15-,16+/m0/s1. The summed E-state index contributed by atoms with van der Waals surface area (Å²) < 4.78 is 0. The fourth-order valence-corrected chi connectivity index (χ4v) is 3.91. The van der Waals surface area contributed by atoms with Gasteiger partial charge in [0.15, 0.2) is 0 Å². The van der Waals surface area contributed by atoms with E-state index >= 15 is 0 Å². The lowest BCUT2D eigenvalue weighted by molar-refractivity contribution is -0.137. The van der Waals surface area contributed by atoms with Crippen molar-refractivity contribution in [1.82, 2.24) is 15.1 Å². The van der Waals surface area contributed by atoms with Crippen LogP contribution >= 0.6 is 11.6 Å². The SMILES string of the molecule is CNC(=O)[C@@H](c1ccc(Cl)cc1)N1CCC[C@H]1C(=O)N1CCCC1. The highest BCUT2D eigenvalue weighted by Gasteiger charge is 2.41. The van der Waals surface area contributed by atoms with E-state index in [1.165, 1.54) is 0 Å². The molecule has 2 heterocycles. The number of benzene rings is 1. The molecule has 0 aliphatic carbocycles. The van der Waals surface area contributed by atoms with Crippen molar-refractivity contribution in [3.05, 3.63) is 34.9 Å². The van der Waals surface area contributed by atoms with Gasteiger partial charge in [-0.3, -0.25) is 14.5 Å². The summed E-state index contributed by atoms with van der Waals surface area (Å²) >= 11 is 5.98. The number of halogens is 1. The Balaban J connectivity index is 1.86. The number of hydrogen-bond donors (Lipinski definition) is 1. The van der Waals surface area contributed by atoms with Crippen LogP contribution in [0, 0.1) is 0 Å². The van der Waals surface area contributed by atoms with Gasteiger partial charge < -0.3 is 10.2 Å². The van der Waals surface area contributed by atoms with Gasteiger partial charge >= 0.3 is 0 Å². The van der Waals surface area contributed by atoms with E-state index in [1.807, 2.05) is 17.0 Å². The van der Waals surface area contributed by atoms with Crippen molar-refractivity contribution in [2.75, 3.05) is 26.7 Å². The maximum Gasteiger partial charge on any atom is 0.241 e. The molecule has 0 aromatic heterocycles. The van der Waals surface area contributed by atoms with Crippen molar-refractivity contribution in [2.24, 2.45) is 0 Å². The Labute approximate surface area is 147 Å². The minimum atomic E-state index is -0.452. The van der Waals surface area contributed by atoms with Gasteiger partial charge in [-0.15, -0.1) is 0 Å². The number of carbonyl (C=O) groups is 2. The second-order valence-electron chi connectivity index (χ2n) is 6.50. The molecule has 130 valence electrons. The van der Waals surface area contributed by atoms with E-state index in [0.29, 0.717) is 5.02 Å². The molecule has 1 N–H and O–H groups in total. The summed E-state index contributed by atoms with van der Waals surface area (Å²) in [5.41, 5.74) is 0.875. The summed E-state index contributed by atoms with van der Waals surface area (Å²) in [4.78, 5) is 29.5. The number of nitrogens with one attached hydrogen (secondary N) is 1. The van der Waals surface area contributed by atoms with Crippen LogP contribution in [0.2, 0.25) is 5.02 Å². The highest BCUT2D eigenvalue weighted by atomic mass is 35.5. The number of nitrogens with zero attached hydrogens (tertiary/aromatic N) is 2. The lowest BCUT2D eigenvalue weighted by atomic mass is 10.0. The molecular formula is C18H24ClN3O2. The molecule has 1 aromatic rings. The summed E-state index contributed by atoms with van der Waals surface area (Å²) in [6, 6.07) is 6.67. The monoisotopic (exact) mass is 349 g/mol. The number of likely N-dealkylation sites (N-methyl/N-ethyl adjacent to an activating group) is 1.